The van der Waals surface area contributed by atoms with Gasteiger partial charge in [-0.15, -0.1) is 0 Å². The molecule has 4 heterocycles. The van der Waals surface area contributed by atoms with Crippen LogP contribution in [0.2, 0.25) is 18.6 Å². The molecule has 1 saturated heterocycles. The van der Waals surface area contributed by atoms with Crippen molar-refractivity contribution < 1.29 is 53.5 Å². The second-order valence-electron chi connectivity index (χ2n) is 21.9. The fourth-order valence-corrected chi connectivity index (χ4v) is 15.0. The minimum atomic E-state index is -3.28. The second-order valence-corrected chi connectivity index (χ2v) is 25.9. The molecule has 1 fully saturated rings. The number of hydrogen-bond acceptors (Lipinski definition) is 13. The molecule has 5 aromatic carbocycles. The monoisotopic (exact) mass is 1110 g/mol. The molecule has 9 rings (SSSR count). The minimum absolute atomic E-state index is 0.0446. The molecule has 0 radical (unpaired) electrons. The lowest BCUT2D eigenvalue weighted by Gasteiger charge is -2.36. The molecular formula is C62H78N6O11Si. The van der Waals surface area contributed by atoms with E-state index in [0.717, 1.165) is 27.9 Å². The number of nitrogens with one attached hydrogen (secondary N) is 2. The van der Waals surface area contributed by atoms with Gasteiger partial charge in [0.05, 0.1) is 68.0 Å². The van der Waals surface area contributed by atoms with E-state index in [1.54, 1.807) is 19.6 Å². The summed E-state index contributed by atoms with van der Waals surface area (Å²) in [5, 5.41) is 36.0. The first kappa shape index (κ1) is 58.2. The van der Waals surface area contributed by atoms with Gasteiger partial charge in [0.1, 0.15) is 11.5 Å². The van der Waals surface area contributed by atoms with Gasteiger partial charge >= 0.3 is 0 Å². The molecule has 80 heavy (non-hydrogen) atoms. The molecule has 0 saturated carbocycles. The SMILES string of the molecule is CCOc1ccc2c(c1)CC(NCCCCO)C(=O)N2c1ccc(CN2C(=O)[C@]3(O[C@H](CC(=O)N(CCO)Cc4ccccc4)[C@@H]([Si](C)(C)O)[C@@H]3C)c3cc(N4C(=O)C(NCCCCO)Cc5cc(OCC)ccc54)ccc32)cc1. The number of carbonyl (C=O) groups excluding carboxylic acids is 4. The summed E-state index contributed by atoms with van der Waals surface area (Å²) in [5.41, 5.74) is 4.80. The molecule has 4 amide bonds. The van der Waals surface area contributed by atoms with E-state index in [4.69, 9.17) is 14.2 Å². The summed E-state index contributed by atoms with van der Waals surface area (Å²) < 4.78 is 19.0. The maximum Gasteiger partial charge on any atom is 0.264 e. The van der Waals surface area contributed by atoms with Crippen LogP contribution in [-0.2, 0) is 55.4 Å². The van der Waals surface area contributed by atoms with Gasteiger partial charge in [-0.1, -0.05) is 49.4 Å². The van der Waals surface area contributed by atoms with Gasteiger partial charge in [-0.25, -0.2) is 0 Å². The third-order valence-electron chi connectivity index (χ3n) is 16.1. The van der Waals surface area contributed by atoms with Gasteiger partial charge in [-0.3, -0.25) is 29.0 Å². The van der Waals surface area contributed by atoms with Crippen LogP contribution in [0.15, 0.2) is 109 Å². The summed E-state index contributed by atoms with van der Waals surface area (Å²) in [5.74, 6) is -0.226. The number of aliphatic hydroxyl groups excluding tert-OH is 3. The molecule has 426 valence electrons. The van der Waals surface area contributed by atoms with Crippen LogP contribution in [0.1, 0.15) is 80.7 Å². The maximum absolute atomic E-state index is 16.0. The third-order valence-corrected chi connectivity index (χ3v) is 18.6. The van der Waals surface area contributed by atoms with E-state index in [1.165, 1.54) is 0 Å². The van der Waals surface area contributed by atoms with E-state index in [2.05, 4.69) is 10.6 Å². The Kier molecular flexibility index (Phi) is 18.6. The number of benzene rings is 5. The van der Waals surface area contributed by atoms with Gasteiger partial charge in [0.15, 0.2) is 13.9 Å². The van der Waals surface area contributed by atoms with Crippen LogP contribution in [-0.4, -0.2) is 128 Å². The molecule has 4 aliphatic heterocycles. The number of amides is 4. The highest BCUT2D eigenvalue weighted by Crippen LogP contribution is 2.60. The molecule has 17 nitrogen and oxygen atoms in total. The van der Waals surface area contributed by atoms with Crippen molar-refractivity contribution in [2.24, 2.45) is 5.92 Å². The van der Waals surface area contributed by atoms with Crippen molar-refractivity contribution in [2.75, 3.05) is 67.4 Å². The first-order chi connectivity index (χ1) is 38.6. The van der Waals surface area contributed by atoms with Crippen molar-refractivity contribution in [1.82, 2.24) is 15.5 Å². The Labute approximate surface area is 470 Å². The van der Waals surface area contributed by atoms with Crippen molar-refractivity contribution in [2.45, 2.75) is 121 Å². The summed E-state index contributed by atoms with van der Waals surface area (Å²) in [4.78, 5) is 78.8. The Morgan fingerprint density at radius 2 is 1.25 bits per heavy atom. The molecule has 0 bridgehead atoms. The lowest BCUT2D eigenvalue weighted by atomic mass is 9.82. The number of rotatable bonds is 25. The number of nitrogens with zero attached hydrogens (tertiary/aromatic N) is 4. The lowest BCUT2D eigenvalue weighted by Crippen LogP contribution is -2.49. The zero-order valence-corrected chi connectivity index (χ0v) is 47.7. The Bertz CT molecular complexity index is 2990. The standard InChI is InChI=1S/C62H78N6O11Si/c1-6-77-48-22-25-53-44(33-48)35-51(63-27-11-13-30-69)59(73)67(53)46-19-17-43(18-20-46)40-66-55-24-21-47(68-54-26-23-49(78-7-2)34-45(54)36-52(60(68)74)64-28-12-14-31-70)37-50(55)62(61(66)75)41(3)58(80(4,5)76)56(79-62)38-57(72)65(29-32-71)39-42-15-9-8-10-16-42/h8-10,15-26,33-34,37,41,51-52,56,58,63-64,69-71,76H,6-7,11-14,27-32,35-36,38-40H2,1-5H3/t41-,51?,52?,56+,58-,62+/m0/s1. The molecule has 1 spiro atoms. The maximum atomic E-state index is 16.0. The normalized spacial score (nSPS) is 21.5. The lowest BCUT2D eigenvalue weighted by molar-refractivity contribution is -0.150. The molecule has 6 atom stereocenters. The number of unbranched alkanes of at least 4 members (excludes halogenated alkanes) is 2. The first-order valence-corrected chi connectivity index (χ1v) is 31.4. The van der Waals surface area contributed by atoms with E-state index >= 15 is 4.79 Å². The summed E-state index contributed by atoms with van der Waals surface area (Å²) in [6.07, 6.45) is 2.43. The van der Waals surface area contributed by atoms with E-state index in [9.17, 15) is 34.5 Å². The van der Waals surface area contributed by atoms with E-state index in [-0.39, 0.29) is 69.5 Å². The summed E-state index contributed by atoms with van der Waals surface area (Å²) in [6.45, 7) is 11.7. The number of hydrogen-bond donors (Lipinski definition) is 6. The van der Waals surface area contributed by atoms with Crippen LogP contribution in [0, 0.1) is 5.92 Å². The van der Waals surface area contributed by atoms with Crippen molar-refractivity contribution >= 4 is 60.4 Å². The van der Waals surface area contributed by atoms with Gasteiger partial charge in [-0.05, 0) is 168 Å². The van der Waals surface area contributed by atoms with Crippen molar-refractivity contribution in [3.05, 3.63) is 137 Å². The molecular weight excluding hydrogens is 1030 g/mol. The number of anilines is 5. The Morgan fingerprint density at radius 3 is 1.79 bits per heavy atom. The predicted octanol–water partition coefficient (Wildman–Crippen LogP) is 7.14. The Hall–Kier alpha value is -6.48. The highest BCUT2D eigenvalue weighted by molar-refractivity contribution is 6.71. The molecule has 5 aromatic rings. The number of aliphatic hydroxyl groups is 3. The predicted molar refractivity (Wildman–Crippen MR) is 310 cm³/mol. The number of ether oxygens (including phenoxy) is 3. The number of carbonyl (C=O) groups is 4. The van der Waals surface area contributed by atoms with E-state index < -0.39 is 43.6 Å². The average Bonchev–Trinajstić information content (AvgIpc) is 4.12. The Morgan fingerprint density at radius 1 is 0.700 bits per heavy atom. The summed E-state index contributed by atoms with van der Waals surface area (Å²) in [6, 6.07) is 33.0. The topological polar surface area (TPSA) is 214 Å². The van der Waals surface area contributed by atoms with Gasteiger partial charge in [0.25, 0.3) is 5.91 Å². The summed E-state index contributed by atoms with van der Waals surface area (Å²) in [7, 11) is -3.28. The fourth-order valence-electron chi connectivity index (χ4n) is 12.5. The molecule has 0 aliphatic carbocycles. The van der Waals surface area contributed by atoms with Crippen LogP contribution in [0.5, 0.6) is 11.5 Å². The largest absolute Gasteiger partial charge is 0.494 e. The van der Waals surface area contributed by atoms with Gasteiger partial charge in [0.2, 0.25) is 17.7 Å². The van der Waals surface area contributed by atoms with Gasteiger partial charge < -0.3 is 54.8 Å². The zero-order valence-electron chi connectivity index (χ0n) is 46.7. The summed E-state index contributed by atoms with van der Waals surface area (Å²) >= 11 is 0. The molecule has 6 N–H and O–H groups in total. The molecule has 2 unspecified atom stereocenters. The van der Waals surface area contributed by atoms with E-state index in [1.807, 2.05) is 143 Å². The number of fused-ring (bicyclic) bond motifs is 4. The Balaban J connectivity index is 1.11. The van der Waals surface area contributed by atoms with Gasteiger partial charge in [-0.2, -0.15) is 0 Å². The molecule has 18 heteroatoms. The zero-order chi connectivity index (χ0) is 56.7. The van der Waals surface area contributed by atoms with Crippen LogP contribution in [0.25, 0.3) is 0 Å². The molecule has 4 aliphatic rings. The highest BCUT2D eigenvalue weighted by atomic mass is 28.4. The van der Waals surface area contributed by atoms with Crippen molar-refractivity contribution in [3.8, 4) is 11.5 Å². The van der Waals surface area contributed by atoms with Crippen molar-refractivity contribution in [1.29, 1.82) is 0 Å². The highest BCUT2D eigenvalue weighted by Gasteiger charge is 2.66. The molecule has 0 aromatic heterocycles. The fraction of sp³-hybridized carbons (Fsp3) is 0.452. The van der Waals surface area contributed by atoms with Crippen LogP contribution in [0.3, 0.4) is 0 Å². The van der Waals surface area contributed by atoms with E-state index in [0.29, 0.717) is 105 Å². The second kappa shape index (κ2) is 25.5. The van der Waals surface area contributed by atoms with Crippen LogP contribution in [0.4, 0.5) is 28.4 Å². The quantitative estimate of drug-likeness (QED) is 0.0254. The smallest absolute Gasteiger partial charge is 0.264 e. The third kappa shape index (κ3) is 11.9. The first-order valence-electron chi connectivity index (χ1n) is 28.4. The van der Waals surface area contributed by atoms with Crippen LogP contribution >= 0.6 is 0 Å². The van der Waals surface area contributed by atoms with Gasteiger partial charge in [0, 0.05) is 54.7 Å². The van der Waals surface area contributed by atoms with Crippen LogP contribution < -0.4 is 34.8 Å². The van der Waals surface area contributed by atoms with Crippen molar-refractivity contribution in [3.63, 3.8) is 0 Å². The average molecular weight is 1110 g/mol. The minimum Gasteiger partial charge on any atom is -0.494 e.